The lowest BCUT2D eigenvalue weighted by Gasteiger charge is -2.22. The molecule has 0 amide bonds. The Morgan fingerprint density at radius 2 is 1.87 bits per heavy atom. The quantitative estimate of drug-likeness (QED) is 0.918. The van der Waals surface area contributed by atoms with Gasteiger partial charge in [0.25, 0.3) is 0 Å². The van der Waals surface area contributed by atoms with Crippen molar-refractivity contribution < 1.29 is 13.2 Å². The van der Waals surface area contributed by atoms with Crippen molar-refractivity contribution >= 4 is 0 Å². The summed E-state index contributed by atoms with van der Waals surface area (Å²) in [4.78, 5) is 4.70. The van der Waals surface area contributed by atoms with Gasteiger partial charge in [-0.2, -0.15) is 13.2 Å². The number of hydrogen-bond donors (Lipinski definition) is 1. The Labute approximate surface area is 133 Å². The molecule has 1 aliphatic rings. The van der Waals surface area contributed by atoms with E-state index in [1.54, 1.807) is 0 Å². The fourth-order valence-corrected chi connectivity index (χ4v) is 2.95. The second-order valence-electron chi connectivity index (χ2n) is 5.97. The molecule has 2 heterocycles. The molecule has 122 valence electrons. The first-order chi connectivity index (χ1) is 11.0. The van der Waals surface area contributed by atoms with E-state index in [0.29, 0.717) is 12.3 Å². The van der Waals surface area contributed by atoms with Gasteiger partial charge in [0.1, 0.15) is 0 Å². The number of aromatic nitrogens is 1. The van der Waals surface area contributed by atoms with Crippen molar-refractivity contribution in [2.75, 3.05) is 13.1 Å². The van der Waals surface area contributed by atoms with E-state index in [1.165, 1.54) is 12.1 Å². The Balaban J connectivity index is 1.72. The summed E-state index contributed by atoms with van der Waals surface area (Å²) in [5.74, 6) is 0.427. The van der Waals surface area contributed by atoms with Crippen molar-refractivity contribution in [3.63, 3.8) is 0 Å². The lowest BCUT2D eigenvalue weighted by atomic mass is 9.95. The van der Waals surface area contributed by atoms with Gasteiger partial charge in [-0.3, -0.25) is 4.98 Å². The Bertz CT molecular complexity index is 644. The van der Waals surface area contributed by atoms with Gasteiger partial charge in [0.15, 0.2) is 0 Å². The number of piperidine rings is 1. The first kappa shape index (κ1) is 16.0. The number of pyridine rings is 1. The van der Waals surface area contributed by atoms with Crippen LogP contribution in [0.5, 0.6) is 0 Å². The zero-order valence-electron chi connectivity index (χ0n) is 12.7. The molecule has 1 fully saturated rings. The highest BCUT2D eigenvalue weighted by atomic mass is 19.4. The molecule has 1 aromatic heterocycles. The lowest BCUT2D eigenvalue weighted by Crippen LogP contribution is -2.28. The van der Waals surface area contributed by atoms with Crippen LogP contribution in [0.2, 0.25) is 0 Å². The Kier molecular flexibility index (Phi) is 4.66. The topological polar surface area (TPSA) is 24.9 Å². The third-order valence-corrected chi connectivity index (χ3v) is 4.21. The Morgan fingerprint density at radius 1 is 1.09 bits per heavy atom. The molecule has 3 rings (SSSR count). The molecular weight excluding hydrogens is 301 g/mol. The fourth-order valence-electron chi connectivity index (χ4n) is 2.95. The molecule has 1 aliphatic heterocycles. The number of nitrogens with one attached hydrogen (secondary N) is 1. The third kappa shape index (κ3) is 4.10. The maximum Gasteiger partial charge on any atom is 0.416 e. The van der Waals surface area contributed by atoms with Crippen molar-refractivity contribution in [2.45, 2.75) is 31.4 Å². The minimum atomic E-state index is -4.29. The average molecular weight is 320 g/mol. The first-order valence-electron chi connectivity index (χ1n) is 7.85. The summed E-state index contributed by atoms with van der Waals surface area (Å²) in [6.07, 6.45) is -1.46. The summed E-state index contributed by atoms with van der Waals surface area (Å²) in [5.41, 5.74) is 2.19. The lowest BCUT2D eigenvalue weighted by molar-refractivity contribution is -0.137. The van der Waals surface area contributed by atoms with Crippen LogP contribution in [0.15, 0.2) is 42.5 Å². The van der Waals surface area contributed by atoms with Crippen LogP contribution >= 0.6 is 0 Å². The van der Waals surface area contributed by atoms with Gasteiger partial charge in [-0.05, 0) is 49.2 Å². The van der Waals surface area contributed by atoms with E-state index in [9.17, 15) is 13.2 Å². The fraction of sp³-hybridized carbons (Fsp3) is 0.389. The third-order valence-electron chi connectivity index (χ3n) is 4.21. The highest BCUT2D eigenvalue weighted by Gasteiger charge is 2.29. The smallest absolute Gasteiger partial charge is 0.316 e. The normalized spacial score (nSPS) is 18.8. The van der Waals surface area contributed by atoms with Crippen LogP contribution in [0, 0.1) is 0 Å². The van der Waals surface area contributed by atoms with E-state index < -0.39 is 11.7 Å². The van der Waals surface area contributed by atoms with Crippen LogP contribution in [0.1, 0.15) is 41.3 Å². The molecule has 5 heteroatoms. The molecular formula is C18H19F3N2. The van der Waals surface area contributed by atoms with Gasteiger partial charge in [0.2, 0.25) is 0 Å². The minimum Gasteiger partial charge on any atom is -0.316 e. The molecule has 1 N–H and O–H groups in total. The summed E-state index contributed by atoms with van der Waals surface area (Å²) in [7, 11) is 0. The van der Waals surface area contributed by atoms with Gasteiger partial charge in [-0.1, -0.05) is 18.2 Å². The van der Waals surface area contributed by atoms with E-state index in [0.717, 1.165) is 55.0 Å². The van der Waals surface area contributed by atoms with Gasteiger partial charge in [-0.15, -0.1) is 0 Å². The van der Waals surface area contributed by atoms with Crippen molar-refractivity contribution in [3.8, 4) is 0 Å². The monoisotopic (exact) mass is 320 g/mol. The molecule has 0 aliphatic carbocycles. The minimum absolute atomic E-state index is 0.427. The summed E-state index contributed by atoms with van der Waals surface area (Å²) in [5, 5.41) is 3.38. The van der Waals surface area contributed by atoms with E-state index in [1.807, 2.05) is 18.2 Å². The van der Waals surface area contributed by atoms with Gasteiger partial charge < -0.3 is 5.32 Å². The standard InChI is InChI=1S/C18H19F3N2/c19-18(20,21)15-8-6-13(7-9-15)11-16-4-1-5-17(23-16)14-3-2-10-22-12-14/h1,4-9,14,22H,2-3,10-12H2. The zero-order chi connectivity index (χ0) is 16.3. The second kappa shape index (κ2) is 6.71. The maximum absolute atomic E-state index is 12.6. The average Bonchev–Trinajstić information content (AvgIpc) is 2.56. The van der Waals surface area contributed by atoms with Crippen molar-refractivity contribution in [1.29, 1.82) is 0 Å². The van der Waals surface area contributed by atoms with Crippen LogP contribution < -0.4 is 5.32 Å². The summed E-state index contributed by atoms with van der Waals surface area (Å²) in [6, 6.07) is 11.3. The van der Waals surface area contributed by atoms with Crippen LogP contribution in [-0.2, 0) is 12.6 Å². The largest absolute Gasteiger partial charge is 0.416 e. The van der Waals surface area contributed by atoms with E-state index in [4.69, 9.17) is 4.98 Å². The molecule has 2 aromatic rings. The van der Waals surface area contributed by atoms with Crippen LogP contribution in [0.25, 0.3) is 0 Å². The van der Waals surface area contributed by atoms with E-state index >= 15 is 0 Å². The molecule has 0 spiro atoms. The number of rotatable bonds is 3. The highest BCUT2D eigenvalue weighted by Crippen LogP contribution is 2.29. The van der Waals surface area contributed by atoms with Gasteiger partial charge in [0, 0.05) is 30.3 Å². The number of alkyl halides is 3. The number of benzene rings is 1. The summed E-state index contributed by atoms with van der Waals surface area (Å²) < 4.78 is 37.8. The van der Waals surface area contributed by atoms with Gasteiger partial charge in [-0.25, -0.2) is 0 Å². The molecule has 0 bridgehead atoms. The Morgan fingerprint density at radius 3 is 2.52 bits per heavy atom. The SMILES string of the molecule is FC(F)(F)c1ccc(Cc2cccc(C3CCCNC3)n2)cc1. The van der Waals surface area contributed by atoms with Gasteiger partial charge in [0.05, 0.1) is 5.56 Å². The van der Waals surface area contributed by atoms with E-state index in [-0.39, 0.29) is 0 Å². The summed E-state index contributed by atoms with van der Waals surface area (Å²) >= 11 is 0. The molecule has 1 aromatic carbocycles. The Hall–Kier alpha value is -1.88. The van der Waals surface area contributed by atoms with Gasteiger partial charge >= 0.3 is 6.18 Å². The molecule has 0 saturated carbocycles. The summed E-state index contributed by atoms with van der Waals surface area (Å²) in [6.45, 7) is 2.00. The highest BCUT2D eigenvalue weighted by molar-refractivity contribution is 5.28. The van der Waals surface area contributed by atoms with E-state index in [2.05, 4.69) is 5.32 Å². The predicted octanol–water partition coefficient (Wildman–Crippen LogP) is 4.16. The maximum atomic E-state index is 12.6. The van der Waals surface area contributed by atoms with Crippen LogP contribution in [0.4, 0.5) is 13.2 Å². The molecule has 1 atom stereocenters. The van der Waals surface area contributed by atoms with Crippen molar-refractivity contribution in [3.05, 3.63) is 65.0 Å². The molecule has 23 heavy (non-hydrogen) atoms. The van der Waals surface area contributed by atoms with Crippen LogP contribution in [-0.4, -0.2) is 18.1 Å². The molecule has 1 unspecified atom stereocenters. The number of nitrogens with zero attached hydrogens (tertiary/aromatic N) is 1. The van der Waals surface area contributed by atoms with Crippen LogP contribution in [0.3, 0.4) is 0 Å². The second-order valence-corrected chi connectivity index (χ2v) is 5.97. The zero-order valence-corrected chi connectivity index (χ0v) is 12.7. The van der Waals surface area contributed by atoms with Crippen molar-refractivity contribution in [1.82, 2.24) is 10.3 Å². The molecule has 2 nitrogen and oxygen atoms in total. The molecule has 1 saturated heterocycles. The van der Waals surface area contributed by atoms with Crippen molar-refractivity contribution in [2.24, 2.45) is 0 Å². The predicted molar refractivity (Wildman–Crippen MR) is 83.3 cm³/mol. The first-order valence-corrected chi connectivity index (χ1v) is 7.85. The number of halogens is 3. The molecule has 0 radical (unpaired) electrons. The number of hydrogen-bond acceptors (Lipinski definition) is 2.